The summed E-state index contributed by atoms with van der Waals surface area (Å²) in [6.45, 7) is 3.77. The fourth-order valence-electron chi connectivity index (χ4n) is 2.57. The van der Waals surface area contributed by atoms with Crippen molar-refractivity contribution in [1.29, 1.82) is 0 Å². The van der Waals surface area contributed by atoms with Crippen LogP contribution in [0.2, 0.25) is 0 Å². The van der Waals surface area contributed by atoms with Crippen LogP contribution >= 0.6 is 11.3 Å². The van der Waals surface area contributed by atoms with Crippen molar-refractivity contribution >= 4 is 27.3 Å². The van der Waals surface area contributed by atoms with Crippen LogP contribution in [0, 0.1) is 0 Å². The third kappa shape index (κ3) is 4.93. The lowest BCUT2D eigenvalue weighted by Crippen LogP contribution is -2.40. The number of likely N-dealkylation sites (N-methyl/N-ethyl adjacent to an activating group) is 1. The summed E-state index contributed by atoms with van der Waals surface area (Å²) in [7, 11) is -2.12. The summed E-state index contributed by atoms with van der Waals surface area (Å²) in [5, 5.41) is 1.73. The van der Waals surface area contributed by atoms with Crippen LogP contribution in [0.3, 0.4) is 0 Å². The first-order chi connectivity index (χ1) is 12.4. The molecule has 1 aromatic heterocycles. The van der Waals surface area contributed by atoms with E-state index in [1.54, 1.807) is 24.4 Å². The van der Waals surface area contributed by atoms with Gasteiger partial charge in [0, 0.05) is 13.5 Å². The number of unbranched alkanes of at least 4 members (excludes halogenated alkanes) is 1. The quantitative estimate of drug-likeness (QED) is 0.596. The van der Waals surface area contributed by atoms with Gasteiger partial charge in [-0.05, 0) is 30.4 Å². The number of sulfonamides is 1. The first-order valence-corrected chi connectivity index (χ1v) is 11.0. The van der Waals surface area contributed by atoms with Crippen molar-refractivity contribution in [2.75, 3.05) is 7.05 Å². The Hall–Kier alpha value is -1.70. The van der Waals surface area contributed by atoms with Gasteiger partial charge in [0.15, 0.2) is 0 Å². The summed E-state index contributed by atoms with van der Waals surface area (Å²) < 4.78 is 32.9. The Balaban J connectivity index is 2.27. The molecular formula is C19H25NO4S2. The molecule has 0 N–H and O–H groups in total. The van der Waals surface area contributed by atoms with Crippen LogP contribution in [-0.2, 0) is 19.6 Å². The minimum absolute atomic E-state index is 0.274. The van der Waals surface area contributed by atoms with Gasteiger partial charge in [-0.3, -0.25) is 4.79 Å². The van der Waals surface area contributed by atoms with Gasteiger partial charge in [-0.25, -0.2) is 8.42 Å². The molecule has 0 spiro atoms. The maximum atomic E-state index is 12.8. The predicted octanol–water partition coefficient (Wildman–Crippen LogP) is 4.23. The zero-order valence-corrected chi connectivity index (χ0v) is 16.9. The fraction of sp³-hybridized carbons (Fsp3) is 0.421. The number of nitrogens with zero attached hydrogens (tertiary/aromatic N) is 1. The van der Waals surface area contributed by atoms with Crippen molar-refractivity contribution in [3.63, 3.8) is 0 Å². The van der Waals surface area contributed by atoms with Crippen LogP contribution in [0.25, 0.3) is 0 Å². The Morgan fingerprint density at radius 3 is 2.46 bits per heavy atom. The van der Waals surface area contributed by atoms with Gasteiger partial charge in [-0.2, -0.15) is 4.31 Å². The van der Waals surface area contributed by atoms with Crippen molar-refractivity contribution in [2.24, 2.45) is 0 Å². The highest BCUT2D eigenvalue weighted by Gasteiger charge is 2.34. The van der Waals surface area contributed by atoms with Gasteiger partial charge in [-0.15, -0.1) is 11.3 Å². The monoisotopic (exact) mass is 395 g/mol. The molecule has 0 aliphatic carbocycles. The lowest BCUT2D eigenvalue weighted by Gasteiger charge is -2.31. The summed E-state index contributed by atoms with van der Waals surface area (Å²) in [6, 6.07) is 12.0. The molecule has 2 unspecified atom stereocenters. The minimum Gasteiger partial charge on any atom is -0.456 e. The van der Waals surface area contributed by atoms with Crippen LogP contribution in [0.15, 0.2) is 52.1 Å². The average Bonchev–Trinajstić information content (AvgIpc) is 3.19. The molecule has 0 amide bonds. The van der Waals surface area contributed by atoms with Gasteiger partial charge in [0.25, 0.3) is 10.0 Å². The molecule has 0 bridgehead atoms. The first kappa shape index (κ1) is 20.6. The van der Waals surface area contributed by atoms with Gasteiger partial charge < -0.3 is 4.74 Å². The molecule has 26 heavy (non-hydrogen) atoms. The molecule has 0 aliphatic heterocycles. The normalized spacial score (nSPS) is 14.2. The number of ether oxygens (including phenoxy) is 1. The van der Waals surface area contributed by atoms with Gasteiger partial charge in [0.05, 0.1) is 6.04 Å². The molecule has 1 aromatic carbocycles. The van der Waals surface area contributed by atoms with Crippen LogP contribution in [-0.4, -0.2) is 31.8 Å². The molecule has 2 rings (SSSR count). The van der Waals surface area contributed by atoms with Crippen LogP contribution in [0.4, 0.5) is 0 Å². The molecule has 0 radical (unpaired) electrons. The average molecular weight is 396 g/mol. The highest BCUT2D eigenvalue weighted by Crippen LogP contribution is 2.30. The van der Waals surface area contributed by atoms with Crippen molar-refractivity contribution in [1.82, 2.24) is 4.31 Å². The smallest absolute Gasteiger partial charge is 0.306 e. The molecule has 142 valence electrons. The maximum Gasteiger partial charge on any atom is 0.306 e. The van der Waals surface area contributed by atoms with E-state index in [0.29, 0.717) is 6.42 Å². The second kappa shape index (κ2) is 9.30. The predicted molar refractivity (Wildman–Crippen MR) is 104 cm³/mol. The highest BCUT2D eigenvalue weighted by atomic mass is 32.2. The Labute approximate surface area is 159 Å². The number of thiophene rings is 1. The third-order valence-electron chi connectivity index (χ3n) is 4.26. The van der Waals surface area contributed by atoms with E-state index in [4.69, 9.17) is 4.74 Å². The van der Waals surface area contributed by atoms with Crippen molar-refractivity contribution in [3.8, 4) is 0 Å². The standard InChI is InChI=1S/C19H25NO4S2/c1-4-5-12-17(21)24-19(16-10-7-6-8-11-16)15(2)20(3)26(22,23)18-13-9-14-25-18/h6-11,13-15,19H,4-5,12H2,1-3H3. The lowest BCUT2D eigenvalue weighted by molar-refractivity contribution is -0.152. The molecule has 0 aliphatic rings. The second-order valence-corrected chi connectivity index (χ2v) is 9.29. The molecule has 2 atom stereocenters. The van der Waals surface area contributed by atoms with E-state index >= 15 is 0 Å². The number of esters is 1. The SMILES string of the molecule is CCCCC(=O)OC(c1ccccc1)C(C)N(C)S(=O)(=O)c1cccs1. The molecular weight excluding hydrogens is 370 g/mol. The second-order valence-electron chi connectivity index (χ2n) is 6.12. The summed E-state index contributed by atoms with van der Waals surface area (Å²) in [4.78, 5) is 12.2. The fourth-order valence-corrected chi connectivity index (χ4v) is 5.11. The van der Waals surface area contributed by atoms with Crippen molar-refractivity contribution in [3.05, 3.63) is 53.4 Å². The molecule has 0 fully saturated rings. The zero-order valence-electron chi connectivity index (χ0n) is 15.3. The Morgan fingerprint density at radius 1 is 1.19 bits per heavy atom. The molecule has 0 saturated heterocycles. The van der Waals surface area contributed by atoms with E-state index in [0.717, 1.165) is 18.4 Å². The van der Waals surface area contributed by atoms with Gasteiger partial charge in [0.1, 0.15) is 10.3 Å². The van der Waals surface area contributed by atoms with Crippen LogP contribution in [0.5, 0.6) is 0 Å². The third-order valence-corrected chi connectivity index (χ3v) is 7.58. The number of carbonyl (C=O) groups excluding carboxylic acids is 1. The Morgan fingerprint density at radius 2 is 1.88 bits per heavy atom. The van der Waals surface area contributed by atoms with E-state index in [2.05, 4.69) is 0 Å². The minimum atomic E-state index is -3.64. The van der Waals surface area contributed by atoms with E-state index in [-0.39, 0.29) is 10.2 Å². The maximum absolute atomic E-state index is 12.8. The molecule has 0 saturated carbocycles. The number of benzene rings is 1. The van der Waals surface area contributed by atoms with Gasteiger partial charge in [0.2, 0.25) is 0 Å². The number of carbonyl (C=O) groups is 1. The van der Waals surface area contributed by atoms with Crippen LogP contribution in [0.1, 0.15) is 44.8 Å². The van der Waals surface area contributed by atoms with Crippen molar-refractivity contribution in [2.45, 2.75) is 49.5 Å². The molecule has 7 heteroatoms. The zero-order chi connectivity index (χ0) is 19.2. The van der Waals surface area contributed by atoms with Gasteiger partial charge in [-0.1, -0.05) is 49.7 Å². The van der Waals surface area contributed by atoms with Gasteiger partial charge >= 0.3 is 5.97 Å². The summed E-state index contributed by atoms with van der Waals surface area (Å²) >= 11 is 1.17. The first-order valence-electron chi connectivity index (χ1n) is 8.64. The van der Waals surface area contributed by atoms with E-state index < -0.39 is 22.2 Å². The summed E-state index contributed by atoms with van der Waals surface area (Å²) in [5.74, 6) is -0.311. The number of hydrogen-bond donors (Lipinski definition) is 0. The molecule has 2 aromatic rings. The van der Waals surface area contributed by atoms with Crippen molar-refractivity contribution < 1.29 is 17.9 Å². The Kier molecular flexibility index (Phi) is 7.37. The van der Waals surface area contributed by atoms with Crippen LogP contribution < -0.4 is 0 Å². The van der Waals surface area contributed by atoms with E-state index in [1.807, 2.05) is 37.3 Å². The molecule has 1 heterocycles. The summed E-state index contributed by atoms with van der Waals surface area (Å²) in [6.07, 6.45) is 1.31. The highest BCUT2D eigenvalue weighted by molar-refractivity contribution is 7.91. The lowest BCUT2D eigenvalue weighted by atomic mass is 10.0. The Bertz CT molecular complexity index is 788. The molecule has 5 nitrogen and oxygen atoms in total. The number of hydrogen-bond acceptors (Lipinski definition) is 5. The van der Waals surface area contributed by atoms with E-state index in [9.17, 15) is 13.2 Å². The number of rotatable bonds is 9. The summed E-state index contributed by atoms with van der Waals surface area (Å²) in [5.41, 5.74) is 0.776. The van der Waals surface area contributed by atoms with E-state index in [1.165, 1.54) is 22.7 Å². The largest absolute Gasteiger partial charge is 0.456 e. The topological polar surface area (TPSA) is 63.7 Å².